The van der Waals surface area contributed by atoms with Crippen LogP contribution in [0, 0.1) is 0 Å². The number of rotatable bonds is 68. The van der Waals surface area contributed by atoms with Crippen molar-refractivity contribution in [1.82, 2.24) is 0 Å². The summed E-state index contributed by atoms with van der Waals surface area (Å²) >= 11 is 0. The van der Waals surface area contributed by atoms with Gasteiger partial charge < -0.3 is 14.2 Å². The van der Waals surface area contributed by atoms with Crippen LogP contribution >= 0.6 is 0 Å². The van der Waals surface area contributed by atoms with Gasteiger partial charge in [0.05, 0.1) is 0 Å². The number of unbranched alkanes of at least 4 members (excludes halogenated alkanes) is 51. The highest BCUT2D eigenvalue weighted by molar-refractivity contribution is 5.71. The van der Waals surface area contributed by atoms with Gasteiger partial charge in [-0.25, -0.2) is 0 Å². The summed E-state index contributed by atoms with van der Waals surface area (Å²) in [5, 5.41) is 0. The molecule has 0 aromatic rings. The van der Waals surface area contributed by atoms with Crippen LogP contribution in [0.15, 0.2) is 36.5 Å². The average molecular weight is 1140 g/mol. The van der Waals surface area contributed by atoms with Crippen molar-refractivity contribution < 1.29 is 28.6 Å². The Hall–Kier alpha value is -2.37. The number of carbonyl (C=O) groups excluding carboxylic acids is 3. The lowest BCUT2D eigenvalue weighted by atomic mass is 10.0. The van der Waals surface area contributed by atoms with Crippen LogP contribution in [0.3, 0.4) is 0 Å². The molecule has 0 radical (unpaired) electrons. The van der Waals surface area contributed by atoms with E-state index in [4.69, 9.17) is 14.2 Å². The van der Waals surface area contributed by atoms with Crippen molar-refractivity contribution in [1.29, 1.82) is 0 Å². The van der Waals surface area contributed by atoms with Crippen LogP contribution in [0.1, 0.15) is 406 Å². The van der Waals surface area contributed by atoms with E-state index in [2.05, 4.69) is 57.2 Å². The molecule has 0 fully saturated rings. The highest BCUT2D eigenvalue weighted by Crippen LogP contribution is 2.19. The first-order chi connectivity index (χ1) is 40.0. The Morgan fingerprint density at radius 1 is 0.247 bits per heavy atom. The number of carbonyl (C=O) groups is 3. The number of allylic oxidation sites excluding steroid dienone is 6. The second-order valence-electron chi connectivity index (χ2n) is 24.9. The summed E-state index contributed by atoms with van der Waals surface area (Å²) in [6.45, 7) is 6.67. The fourth-order valence-electron chi connectivity index (χ4n) is 11.1. The van der Waals surface area contributed by atoms with Crippen molar-refractivity contribution in [2.45, 2.75) is 412 Å². The highest BCUT2D eigenvalue weighted by Gasteiger charge is 2.19. The van der Waals surface area contributed by atoms with Crippen LogP contribution in [0.5, 0.6) is 0 Å². The van der Waals surface area contributed by atoms with Gasteiger partial charge in [-0.1, -0.05) is 346 Å². The number of ether oxygens (including phenoxy) is 3. The smallest absolute Gasteiger partial charge is 0.306 e. The van der Waals surface area contributed by atoms with Gasteiger partial charge in [-0.05, 0) is 77.0 Å². The molecular formula is C75H140O6. The molecule has 6 heteroatoms. The predicted octanol–water partition coefficient (Wildman–Crippen LogP) is 25.1. The molecule has 0 bridgehead atoms. The summed E-state index contributed by atoms with van der Waals surface area (Å²) < 4.78 is 16.9. The summed E-state index contributed by atoms with van der Waals surface area (Å²) in [4.78, 5) is 38.3. The topological polar surface area (TPSA) is 78.9 Å². The molecule has 0 N–H and O–H groups in total. The van der Waals surface area contributed by atoms with E-state index in [1.54, 1.807) is 0 Å². The predicted molar refractivity (Wildman–Crippen MR) is 353 cm³/mol. The minimum absolute atomic E-state index is 0.0698. The molecule has 1 atom stereocenters. The summed E-state index contributed by atoms with van der Waals surface area (Å²) in [7, 11) is 0. The lowest BCUT2D eigenvalue weighted by molar-refractivity contribution is -0.167. The molecule has 0 heterocycles. The summed E-state index contributed by atoms with van der Waals surface area (Å²) in [6, 6.07) is 0. The Labute approximate surface area is 506 Å². The van der Waals surface area contributed by atoms with Gasteiger partial charge in [0, 0.05) is 19.3 Å². The molecule has 0 saturated heterocycles. The molecule has 0 aromatic heterocycles. The first-order valence-electron chi connectivity index (χ1n) is 36.5. The standard InChI is InChI=1S/C75H140O6/c1-4-7-10-13-16-19-22-24-26-28-30-31-32-33-34-35-36-37-38-39-40-41-42-43-44-45-46-48-49-51-53-56-59-62-65-68-74(77)80-71-72(70-79-73(76)67-64-61-58-55-21-18-15-12-9-6-3)81-75(78)69-66-63-60-57-54-52-50-47-29-27-25-23-20-17-14-11-8-5-2/h20,23,27-30,72H,4-19,21-22,24-26,31-71H2,1-3H3/b23-20-,29-27-,30-28-. The minimum Gasteiger partial charge on any atom is -0.462 e. The SMILES string of the molecule is CCCCCC/C=C\C/C=C\CCCCCCCCCC(=O)OC(COC(=O)CCCCCCCCCCCC)COC(=O)CCCCCCCCCCCCCCCCCCCCCCCCC/C=C\CCCCCCCCCC. The molecule has 476 valence electrons. The van der Waals surface area contributed by atoms with Crippen molar-refractivity contribution in [2.75, 3.05) is 13.2 Å². The van der Waals surface area contributed by atoms with Crippen molar-refractivity contribution >= 4 is 17.9 Å². The van der Waals surface area contributed by atoms with Gasteiger partial charge in [-0.2, -0.15) is 0 Å². The normalized spacial score (nSPS) is 12.2. The third-order valence-corrected chi connectivity index (χ3v) is 16.6. The van der Waals surface area contributed by atoms with Gasteiger partial charge in [0.1, 0.15) is 13.2 Å². The zero-order valence-electron chi connectivity index (χ0n) is 54.8. The summed E-state index contributed by atoms with van der Waals surface area (Å²) in [5.74, 6) is -0.853. The molecular weight excluding hydrogens is 997 g/mol. The highest BCUT2D eigenvalue weighted by atomic mass is 16.6. The first-order valence-corrected chi connectivity index (χ1v) is 36.5. The largest absolute Gasteiger partial charge is 0.462 e. The fraction of sp³-hybridized carbons (Fsp3) is 0.880. The van der Waals surface area contributed by atoms with Gasteiger partial charge in [0.2, 0.25) is 0 Å². The molecule has 81 heavy (non-hydrogen) atoms. The van der Waals surface area contributed by atoms with Crippen LogP contribution < -0.4 is 0 Å². The van der Waals surface area contributed by atoms with Crippen LogP contribution in [-0.2, 0) is 28.6 Å². The maximum atomic E-state index is 12.9. The third kappa shape index (κ3) is 68.3. The zero-order valence-corrected chi connectivity index (χ0v) is 54.8. The molecule has 0 spiro atoms. The van der Waals surface area contributed by atoms with Crippen LogP contribution in [-0.4, -0.2) is 37.2 Å². The van der Waals surface area contributed by atoms with E-state index in [1.165, 1.54) is 295 Å². The van der Waals surface area contributed by atoms with Crippen LogP contribution in [0.25, 0.3) is 0 Å². The van der Waals surface area contributed by atoms with E-state index in [0.717, 1.165) is 70.6 Å². The maximum absolute atomic E-state index is 12.9. The lowest BCUT2D eigenvalue weighted by Gasteiger charge is -2.18. The van der Waals surface area contributed by atoms with Crippen LogP contribution in [0.2, 0.25) is 0 Å². The van der Waals surface area contributed by atoms with Gasteiger partial charge in [0.15, 0.2) is 6.10 Å². The molecule has 0 saturated carbocycles. The molecule has 0 aliphatic carbocycles. The fourth-order valence-corrected chi connectivity index (χ4v) is 11.1. The molecule has 0 aromatic carbocycles. The summed E-state index contributed by atoms with van der Waals surface area (Å²) in [5.41, 5.74) is 0. The quantitative estimate of drug-likeness (QED) is 0.0261. The van der Waals surface area contributed by atoms with E-state index in [9.17, 15) is 14.4 Å². The molecule has 6 nitrogen and oxygen atoms in total. The minimum atomic E-state index is -0.773. The zero-order chi connectivity index (χ0) is 58.5. The van der Waals surface area contributed by atoms with E-state index in [1.807, 2.05) is 0 Å². The molecule has 0 aliphatic heterocycles. The van der Waals surface area contributed by atoms with E-state index in [0.29, 0.717) is 19.3 Å². The molecule has 0 amide bonds. The Morgan fingerprint density at radius 3 is 0.704 bits per heavy atom. The first kappa shape index (κ1) is 78.6. The van der Waals surface area contributed by atoms with Gasteiger partial charge in [-0.3, -0.25) is 14.4 Å². The van der Waals surface area contributed by atoms with Gasteiger partial charge in [-0.15, -0.1) is 0 Å². The molecule has 0 rings (SSSR count). The second-order valence-corrected chi connectivity index (χ2v) is 24.9. The van der Waals surface area contributed by atoms with E-state index < -0.39 is 6.10 Å². The number of hydrogen-bond donors (Lipinski definition) is 0. The van der Waals surface area contributed by atoms with Crippen molar-refractivity contribution in [2.24, 2.45) is 0 Å². The van der Waals surface area contributed by atoms with Crippen molar-refractivity contribution in [3.05, 3.63) is 36.5 Å². The van der Waals surface area contributed by atoms with E-state index >= 15 is 0 Å². The Bertz CT molecular complexity index is 1350. The van der Waals surface area contributed by atoms with E-state index in [-0.39, 0.29) is 31.1 Å². The monoisotopic (exact) mass is 1140 g/mol. The lowest BCUT2D eigenvalue weighted by Crippen LogP contribution is -2.30. The molecule has 1 unspecified atom stereocenters. The van der Waals surface area contributed by atoms with Crippen molar-refractivity contribution in [3.8, 4) is 0 Å². The average Bonchev–Trinajstić information content (AvgIpc) is 3.47. The Morgan fingerprint density at radius 2 is 0.444 bits per heavy atom. The Kier molecular flexibility index (Phi) is 68.1. The second kappa shape index (κ2) is 70.1. The Balaban J connectivity index is 4.02. The number of esters is 3. The third-order valence-electron chi connectivity index (χ3n) is 16.6. The van der Waals surface area contributed by atoms with Gasteiger partial charge in [0.25, 0.3) is 0 Å². The van der Waals surface area contributed by atoms with Crippen molar-refractivity contribution in [3.63, 3.8) is 0 Å². The number of hydrogen-bond acceptors (Lipinski definition) is 6. The summed E-state index contributed by atoms with van der Waals surface area (Å²) in [6.07, 6.45) is 87.8. The maximum Gasteiger partial charge on any atom is 0.306 e. The van der Waals surface area contributed by atoms with Crippen LogP contribution in [0.4, 0.5) is 0 Å². The van der Waals surface area contributed by atoms with Gasteiger partial charge >= 0.3 is 17.9 Å². The molecule has 0 aliphatic rings.